The van der Waals surface area contributed by atoms with Crippen LogP contribution in [0.5, 0.6) is 0 Å². The largest absolute Gasteiger partial charge is 0.481 e. The van der Waals surface area contributed by atoms with Gasteiger partial charge in [-0.2, -0.15) is 0 Å². The second-order valence-electron chi connectivity index (χ2n) is 4.91. The van der Waals surface area contributed by atoms with Crippen LogP contribution in [0.1, 0.15) is 45.4 Å². The molecule has 1 fully saturated rings. The summed E-state index contributed by atoms with van der Waals surface area (Å²) in [6.45, 7) is 2.25. The number of carbonyl (C=O) groups excluding carboxylic acids is 1. The van der Waals surface area contributed by atoms with Gasteiger partial charge >= 0.3 is 5.97 Å². The molecular formula is C12H22N2O3. The Balaban J connectivity index is 2.34. The van der Waals surface area contributed by atoms with Gasteiger partial charge in [0.1, 0.15) is 0 Å². The molecule has 1 aliphatic carbocycles. The first-order valence-corrected chi connectivity index (χ1v) is 6.28. The predicted molar refractivity (Wildman–Crippen MR) is 64.4 cm³/mol. The number of amides is 1. The summed E-state index contributed by atoms with van der Waals surface area (Å²) >= 11 is 0. The molecule has 1 aliphatic rings. The third-order valence-corrected chi connectivity index (χ3v) is 3.57. The molecule has 5 heteroatoms. The van der Waals surface area contributed by atoms with Gasteiger partial charge in [0.25, 0.3) is 0 Å². The van der Waals surface area contributed by atoms with Crippen molar-refractivity contribution in [2.24, 2.45) is 11.1 Å². The average molecular weight is 242 g/mol. The van der Waals surface area contributed by atoms with Gasteiger partial charge in [-0.05, 0) is 19.3 Å². The maximum atomic E-state index is 11.6. The van der Waals surface area contributed by atoms with Crippen molar-refractivity contribution in [3.05, 3.63) is 0 Å². The van der Waals surface area contributed by atoms with Crippen molar-refractivity contribution >= 4 is 11.9 Å². The predicted octanol–water partition coefficient (Wildman–Crippen LogP) is 0.875. The smallest absolute Gasteiger partial charge is 0.311 e. The van der Waals surface area contributed by atoms with Gasteiger partial charge in [0.15, 0.2) is 0 Å². The molecular weight excluding hydrogens is 220 g/mol. The van der Waals surface area contributed by atoms with E-state index in [0.717, 1.165) is 19.3 Å². The summed E-state index contributed by atoms with van der Waals surface area (Å²) in [6.07, 6.45) is 4.78. The highest BCUT2D eigenvalue weighted by molar-refractivity contribution is 5.83. The lowest BCUT2D eigenvalue weighted by molar-refractivity contribution is -0.154. The Morgan fingerprint density at radius 2 is 2.12 bits per heavy atom. The van der Waals surface area contributed by atoms with Crippen LogP contribution in [0.3, 0.4) is 0 Å². The van der Waals surface area contributed by atoms with Crippen LogP contribution in [-0.4, -0.2) is 29.6 Å². The minimum atomic E-state index is -0.814. The molecule has 1 atom stereocenters. The molecule has 0 heterocycles. The zero-order valence-corrected chi connectivity index (χ0v) is 10.4. The molecule has 1 saturated carbocycles. The first kappa shape index (κ1) is 14.0. The van der Waals surface area contributed by atoms with E-state index in [1.54, 1.807) is 0 Å². The number of nitrogens with two attached hydrogens (primary N) is 1. The second-order valence-corrected chi connectivity index (χ2v) is 4.91. The molecule has 4 N–H and O–H groups in total. The summed E-state index contributed by atoms with van der Waals surface area (Å²) in [7, 11) is 0. The van der Waals surface area contributed by atoms with Crippen molar-refractivity contribution in [3.8, 4) is 0 Å². The fourth-order valence-corrected chi connectivity index (χ4v) is 2.01. The van der Waals surface area contributed by atoms with Crippen LogP contribution in [0.15, 0.2) is 0 Å². The lowest BCUT2D eigenvalue weighted by atomic mass is 9.69. The number of nitrogens with one attached hydrogen (secondary N) is 1. The molecule has 0 aromatic rings. The van der Waals surface area contributed by atoms with Gasteiger partial charge in [-0.3, -0.25) is 9.59 Å². The Morgan fingerprint density at radius 1 is 1.47 bits per heavy atom. The minimum absolute atomic E-state index is 0.209. The lowest BCUT2D eigenvalue weighted by Crippen LogP contribution is -2.50. The van der Waals surface area contributed by atoms with Gasteiger partial charge in [0.05, 0.1) is 11.5 Å². The zero-order valence-electron chi connectivity index (χ0n) is 10.4. The third-order valence-electron chi connectivity index (χ3n) is 3.57. The van der Waals surface area contributed by atoms with Crippen molar-refractivity contribution in [1.29, 1.82) is 0 Å². The lowest BCUT2D eigenvalue weighted by Gasteiger charge is -2.37. The molecule has 0 aromatic carbocycles. The topological polar surface area (TPSA) is 92.4 Å². The maximum Gasteiger partial charge on any atom is 0.311 e. The molecule has 0 aromatic heterocycles. The van der Waals surface area contributed by atoms with E-state index in [4.69, 9.17) is 10.8 Å². The van der Waals surface area contributed by atoms with E-state index in [1.165, 1.54) is 0 Å². The Morgan fingerprint density at radius 3 is 2.53 bits per heavy atom. The minimum Gasteiger partial charge on any atom is -0.481 e. The molecule has 1 amide bonds. The molecule has 98 valence electrons. The van der Waals surface area contributed by atoms with Gasteiger partial charge < -0.3 is 16.2 Å². The van der Waals surface area contributed by atoms with Crippen LogP contribution in [0.2, 0.25) is 0 Å². The third kappa shape index (κ3) is 3.43. The van der Waals surface area contributed by atoms with Crippen molar-refractivity contribution in [1.82, 2.24) is 5.32 Å². The van der Waals surface area contributed by atoms with E-state index in [2.05, 4.69) is 5.32 Å². The zero-order chi connectivity index (χ0) is 12.9. The SMILES string of the molecule is CCCC[C@H](N)C(=O)NCC1(C(=O)O)CCC1. The molecule has 17 heavy (non-hydrogen) atoms. The molecule has 5 nitrogen and oxygen atoms in total. The number of rotatable bonds is 7. The van der Waals surface area contributed by atoms with Crippen LogP contribution in [0.25, 0.3) is 0 Å². The second kappa shape index (κ2) is 6.00. The van der Waals surface area contributed by atoms with Gasteiger partial charge in [-0.25, -0.2) is 0 Å². The van der Waals surface area contributed by atoms with Gasteiger partial charge in [-0.15, -0.1) is 0 Å². The van der Waals surface area contributed by atoms with Crippen molar-refractivity contribution in [3.63, 3.8) is 0 Å². The number of carbonyl (C=O) groups is 2. The van der Waals surface area contributed by atoms with E-state index in [9.17, 15) is 9.59 Å². The van der Waals surface area contributed by atoms with Crippen LogP contribution >= 0.6 is 0 Å². The number of unbranched alkanes of at least 4 members (excludes halogenated alkanes) is 1. The number of carboxylic acid groups (broad SMARTS) is 1. The number of hydrogen-bond acceptors (Lipinski definition) is 3. The van der Waals surface area contributed by atoms with E-state index in [-0.39, 0.29) is 12.5 Å². The molecule has 0 saturated heterocycles. The molecule has 0 unspecified atom stereocenters. The Labute approximate surface area is 102 Å². The highest BCUT2D eigenvalue weighted by Gasteiger charge is 2.44. The van der Waals surface area contributed by atoms with Gasteiger partial charge in [-0.1, -0.05) is 26.2 Å². The Bertz CT molecular complexity index is 287. The van der Waals surface area contributed by atoms with E-state index < -0.39 is 17.4 Å². The summed E-state index contributed by atoms with van der Waals surface area (Å²) in [4.78, 5) is 22.7. The molecule has 0 bridgehead atoms. The molecule has 1 rings (SSSR count). The number of carboxylic acids is 1. The van der Waals surface area contributed by atoms with E-state index in [0.29, 0.717) is 19.3 Å². The quantitative estimate of drug-likeness (QED) is 0.617. The highest BCUT2D eigenvalue weighted by atomic mass is 16.4. The van der Waals surface area contributed by atoms with Crippen LogP contribution < -0.4 is 11.1 Å². The monoisotopic (exact) mass is 242 g/mol. The molecule has 0 spiro atoms. The van der Waals surface area contributed by atoms with Crippen molar-refractivity contribution in [2.45, 2.75) is 51.5 Å². The standard InChI is InChI=1S/C12H22N2O3/c1-2-3-5-9(13)10(15)14-8-12(11(16)17)6-4-7-12/h9H,2-8,13H2,1H3,(H,14,15)(H,16,17)/t9-/m0/s1. The van der Waals surface area contributed by atoms with E-state index in [1.807, 2.05) is 6.92 Å². The number of aliphatic carboxylic acids is 1. The van der Waals surface area contributed by atoms with Crippen molar-refractivity contribution < 1.29 is 14.7 Å². The highest BCUT2D eigenvalue weighted by Crippen LogP contribution is 2.40. The van der Waals surface area contributed by atoms with Gasteiger partial charge in [0, 0.05) is 6.54 Å². The average Bonchev–Trinajstić information content (AvgIpc) is 2.23. The number of hydrogen-bond donors (Lipinski definition) is 3. The summed E-state index contributed by atoms with van der Waals surface area (Å²) in [5.41, 5.74) is 4.97. The van der Waals surface area contributed by atoms with Crippen LogP contribution in [0, 0.1) is 5.41 Å². The fraction of sp³-hybridized carbons (Fsp3) is 0.833. The molecule has 0 radical (unpaired) electrons. The summed E-state index contributed by atoms with van der Waals surface area (Å²) < 4.78 is 0. The Hall–Kier alpha value is -1.10. The van der Waals surface area contributed by atoms with Crippen LogP contribution in [-0.2, 0) is 9.59 Å². The van der Waals surface area contributed by atoms with Gasteiger partial charge in [0.2, 0.25) is 5.91 Å². The first-order valence-electron chi connectivity index (χ1n) is 6.28. The Kier molecular flexibility index (Phi) is 4.93. The van der Waals surface area contributed by atoms with Crippen molar-refractivity contribution in [2.75, 3.05) is 6.54 Å². The normalized spacial score (nSPS) is 19.2. The van der Waals surface area contributed by atoms with Crippen LogP contribution in [0.4, 0.5) is 0 Å². The van der Waals surface area contributed by atoms with E-state index >= 15 is 0 Å². The first-order chi connectivity index (χ1) is 8.02. The summed E-state index contributed by atoms with van der Waals surface area (Å²) in [5.74, 6) is -1.04. The fourth-order valence-electron chi connectivity index (χ4n) is 2.01. The summed E-state index contributed by atoms with van der Waals surface area (Å²) in [5, 5.41) is 11.8. The maximum absolute atomic E-state index is 11.6. The summed E-state index contributed by atoms with van der Waals surface area (Å²) in [6, 6.07) is -0.513. The molecule has 0 aliphatic heterocycles.